The van der Waals surface area contributed by atoms with Crippen LogP contribution >= 0.6 is 0 Å². The molecule has 0 radical (unpaired) electrons. The molecule has 1 heterocycles. The van der Waals surface area contributed by atoms with E-state index in [1.54, 1.807) is 12.1 Å². The van der Waals surface area contributed by atoms with Gasteiger partial charge in [0.1, 0.15) is 5.75 Å². The van der Waals surface area contributed by atoms with Crippen molar-refractivity contribution < 1.29 is 14.3 Å². The summed E-state index contributed by atoms with van der Waals surface area (Å²) >= 11 is 0. The van der Waals surface area contributed by atoms with Gasteiger partial charge in [-0.1, -0.05) is 0 Å². The van der Waals surface area contributed by atoms with Crippen molar-refractivity contribution in [2.45, 2.75) is 18.9 Å². The third-order valence-corrected chi connectivity index (χ3v) is 3.06. The fourth-order valence-corrected chi connectivity index (χ4v) is 2.06. The van der Waals surface area contributed by atoms with E-state index >= 15 is 0 Å². The Labute approximate surface area is 106 Å². The van der Waals surface area contributed by atoms with Gasteiger partial charge in [0.2, 0.25) is 0 Å². The molecule has 5 nitrogen and oxygen atoms in total. The van der Waals surface area contributed by atoms with E-state index in [0.717, 1.165) is 31.7 Å². The van der Waals surface area contributed by atoms with Crippen molar-refractivity contribution in [3.05, 3.63) is 23.8 Å². The van der Waals surface area contributed by atoms with Crippen molar-refractivity contribution in [3.8, 4) is 5.75 Å². The maximum absolute atomic E-state index is 11.2. The highest BCUT2D eigenvalue weighted by atomic mass is 16.5. The van der Waals surface area contributed by atoms with Gasteiger partial charge in [0.25, 0.3) is 5.91 Å². The van der Waals surface area contributed by atoms with Crippen molar-refractivity contribution in [2.24, 2.45) is 5.73 Å². The van der Waals surface area contributed by atoms with Crippen LogP contribution in [0.1, 0.15) is 23.2 Å². The van der Waals surface area contributed by atoms with E-state index in [0.29, 0.717) is 17.4 Å². The number of hydrogen-bond acceptors (Lipinski definition) is 4. The molecule has 0 atom stereocenters. The molecule has 0 saturated carbocycles. The molecule has 1 aromatic rings. The molecular weight excluding hydrogens is 232 g/mol. The lowest BCUT2D eigenvalue weighted by Gasteiger charge is -2.24. The summed E-state index contributed by atoms with van der Waals surface area (Å²) in [6.45, 7) is 1.57. The van der Waals surface area contributed by atoms with Crippen LogP contribution in [0.4, 0.5) is 5.69 Å². The molecule has 0 aromatic heterocycles. The number of ether oxygens (including phenoxy) is 2. The van der Waals surface area contributed by atoms with Gasteiger partial charge in [-0.3, -0.25) is 4.79 Å². The maximum Gasteiger partial charge on any atom is 0.252 e. The summed E-state index contributed by atoms with van der Waals surface area (Å²) in [5.74, 6) is 0.0176. The van der Waals surface area contributed by atoms with E-state index in [4.69, 9.17) is 15.2 Å². The lowest BCUT2D eigenvalue weighted by atomic mass is 10.1. The molecule has 5 heteroatoms. The van der Waals surface area contributed by atoms with Crippen LogP contribution in [0.25, 0.3) is 0 Å². The quantitative estimate of drug-likeness (QED) is 0.846. The van der Waals surface area contributed by atoms with Crippen LogP contribution in [0.3, 0.4) is 0 Å². The first kappa shape index (κ1) is 12.7. The van der Waals surface area contributed by atoms with E-state index in [1.165, 1.54) is 7.11 Å². The largest absolute Gasteiger partial charge is 0.496 e. The molecule has 1 aromatic carbocycles. The first-order valence-corrected chi connectivity index (χ1v) is 6.03. The number of methoxy groups -OCH3 is 1. The average Bonchev–Trinajstić information content (AvgIpc) is 2.39. The summed E-state index contributed by atoms with van der Waals surface area (Å²) in [6, 6.07) is 5.74. The molecule has 0 spiro atoms. The first-order valence-electron chi connectivity index (χ1n) is 6.03. The van der Waals surface area contributed by atoms with Crippen molar-refractivity contribution >= 4 is 11.6 Å². The number of nitrogens with one attached hydrogen (secondary N) is 1. The van der Waals surface area contributed by atoms with Gasteiger partial charge in [0.15, 0.2) is 0 Å². The second-order valence-electron chi connectivity index (χ2n) is 4.31. The number of benzene rings is 1. The van der Waals surface area contributed by atoms with Crippen molar-refractivity contribution in [1.82, 2.24) is 0 Å². The van der Waals surface area contributed by atoms with Crippen molar-refractivity contribution in [3.63, 3.8) is 0 Å². The smallest absolute Gasteiger partial charge is 0.252 e. The van der Waals surface area contributed by atoms with E-state index in [9.17, 15) is 4.79 Å². The maximum atomic E-state index is 11.2. The van der Waals surface area contributed by atoms with E-state index in [-0.39, 0.29) is 0 Å². The Hall–Kier alpha value is -1.75. The van der Waals surface area contributed by atoms with Gasteiger partial charge >= 0.3 is 0 Å². The summed E-state index contributed by atoms with van der Waals surface area (Å²) in [6.07, 6.45) is 1.97. The minimum atomic E-state index is -0.482. The zero-order chi connectivity index (χ0) is 13.0. The molecule has 1 saturated heterocycles. The molecule has 1 fully saturated rings. The number of anilines is 1. The Morgan fingerprint density at radius 1 is 1.44 bits per heavy atom. The number of nitrogens with two attached hydrogens (primary N) is 1. The number of carbonyl (C=O) groups is 1. The molecular formula is C13H18N2O3. The van der Waals surface area contributed by atoms with Crippen LogP contribution in [0.15, 0.2) is 18.2 Å². The SMILES string of the molecule is COc1cc(NC2CCOCC2)ccc1C(N)=O. The summed E-state index contributed by atoms with van der Waals surface area (Å²) in [7, 11) is 1.53. The lowest BCUT2D eigenvalue weighted by molar-refractivity contribution is 0.0904. The molecule has 1 amide bonds. The van der Waals surface area contributed by atoms with E-state index in [2.05, 4.69) is 5.32 Å². The number of amides is 1. The highest BCUT2D eigenvalue weighted by Gasteiger charge is 2.15. The van der Waals surface area contributed by atoms with Crippen LogP contribution in [0.2, 0.25) is 0 Å². The van der Waals surface area contributed by atoms with Gasteiger partial charge in [0.05, 0.1) is 12.7 Å². The Morgan fingerprint density at radius 3 is 2.78 bits per heavy atom. The molecule has 2 rings (SSSR count). The van der Waals surface area contributed by atoms with Gasteiger partial charge in [-0.15, -0.1) is 0 Å². The van der Waals surface area contributed by atoms with Crippen LogP contribution < -0.4 is 15.8 Å². The predicted octanol–water partition coefficient (Wildman–Crippen LogP) is 1.38. The molecule has 0 unspecified atom stereocenters. The lowest BCUT2D eigenvalue weighted by Crippen LogP contribution is -2.27. The highest BCUT2D eigenvalue weighted by Crippen LogP contribution is 2.24. The van der Waals surface area contributed by atoms with Gasteiger partial charge in [0, 0.05) is 31.0 Å². The summed E-state index contributed by atoms with van der Waals surface area (Å²) in [5, 5.41) is 3.41. The number of carbonyl (C=O) groups excluding carboxylic acids is 1. The summed E-state index contributed by atoms with van der Waals surface area (Å²) < 4.78 is 10.5. The van der Waals surface area contributed by atoms with Crippen LogP contribution in [-0.4, -0.2) is 32.3 Å². The summed E-state index contributed by atoms with van der Waals surface area (Å²) in [4.78, 5) is 11.2. The third-order valence-electron chi connectivity index (χ3n) is 3.06. The zero-order valence-electron chi connectivity index (χ0n) is 10.4. The Balaban J connectivity index is 2.11. The predicted molar refractivity (Wildman–Crippen MR) is 69.0 cm³/mol. The highest BCUT2D eigenvalue weighted by molar-refractivity contribution is 5.96. The van der Waals surface area contributed by atoms with Crippen molar-refractivity contribution in [1.29, 1.82) is 0 Å². The van der Waals surface area contributed by atoms with Gasteiger partial charge in [-0.05, 0) is 25.0 Å². The van der Waals surface area contributed by atoms with Crippen LogP contribution in [0, 0.1) is 0 Å². The monoisotopic (exact) mass is 250 g/mol. The molecule has 98 valence electrons. The second kappa shape index (κ2) is 5.73. The van der Waals surface area contributed by atoms with E-state index < -0.39 is 5.91 Å². The molecule has 18 heavy (non-hydrogen) atoms. The molecule has 0 bridgehead atoms. The van der Waals surface area contributed by atoms with Crippen molar-refractivity contribution in [2.75, 3.05) is 25.6 Å². The van der Waals surface area contributed by atoms with Gasteiger partial charge in [-0.25, -0.2) is 0 Å². The Kier molecular flexibility index (Phi) is 4.04. The first-order chi connectivity index (χ1) is 8.70. The van der Waals surface area contributed by atoms with Gasteiger partial charge < -0.3 is 20.5 Å². The normalized spacial score (nSPS) is 16.3. The van der Waals surface area contributed by atoms with E-state index in [1.807, 2.05) is 6.07 Å². The van der Waals surface area contributed by atoms with Gasteiger partial charge in [-0.2, -0.15) is 0 Å². The summed E-state index contributed by atoms with van der Waals surface area (Å²) in [5.41, 5.74) is 6.60. The number of hydrogen-bond donors (Lipinski definition) is 2. The second-order valence-corrected chi connectivity index (χ2v) is 4.31. The Morgan fingerprint density at radius 2 is 2.17 bits per heavy atom. The average molecular weight is 250 g/mol. The molecule has 0 aliphatic carbocycles. The number of rotatable bonds is 4. The zero-order valence-corrected chi connectivity index (χ0v) is 10.4. The third kappa shape index (κ3) is 2.92. The fourth-order valence-electron chi connectivity index (χ4n) is 2.06. The standard InChI is InChI=1S/C13H18N2O3/c1-17-12-8-10(2-3-11(12)13(14)16)15-9-4-6-18-7-5-9/h2-3,8-9,15H,4-7H2,1H3,(H2,14,16). The molecule has 1 aliphatic rings. The topological polar surface area (TPSA) is 73.6 Å². The minimum absolute atomic E-state index is 0.398. The fraction of sp³-hybridized carbons (Fsp3) is 0.462. The number of primary amides is 1. The molecule has 3 N–H and O–H groups in total. The van der Waals surface area contributed by atoms with Crippen LogP contribution in [-0.2, 0) is 4.74 Å². The Bertz CT molecular complexity index is 428. The minimum Gasteiger partial charge on any atom is -0.496 e. The van der Waals surface area contributed by atoms with Crippen LogP contribution in [0.5, 0.6) is 5.75 Å². The molecule has 1 aliphatic heterocycles.